The van der Waals surface area contributed by atoms with E-state index < -0.39 is 10.0 Å². The molecule has 0 spiro atoms. The van der Waals surface area contributed by atoms with Crippen molar-refractivity contribution >= 4 is 32.3 Å². The number of nitrogens with zero attached hydrogens (tertiary/aromatic N) is 3. The van der Waals surface area contributed by atoms with E-state index in [0.29, 0.717) is 16.1 Å². The number of hydrogen-bond acceptors (Lipinski definition) is 6. The minimum absolute atomic E-state index is 0.115. The Hall–Kier alpha value is -2.25. The predicted octanol–water partition coefficient (Wildman–Crippen LogP) is 3.99. The standard InChI is InChI=1S/C25H32N4O3S2/c1-28(2)34(31,32)20-10-8-18(9-11-20)14-24(30)27-25-21(15-26)22-17-29(13-12-23(22)33-25)16-19-6-4-3-5-7-19/h8-11,19H,3-7,12-14,16-17H2,1-2H3,(H,27,30). The van der Waals surface area contributed by atoms with Gasteiger partial charge in [0.2, 0.25) is 15.9 Å². The molecule has 1 aromatic heterocycles. The summed E-state index contributed by atoms with van der Waals surface area (Å²) in [6.07, 6.45) is 7.66. The number of fused-ring (bicyclic) bond motifs is 1. The van der Waals surface area contributed by atoms with Gasteiger partial charge in [-0.05, 0) is 42.9 Å². The molecule has 1 aromatic carbocycles. The van der Waals surface area contributed by atoms with Crippen LogP contribution in [0.4, 0.5) is 5.00 Å². The molecule has 182 valence electrons. The second-order valence-corrected chi connectivity index (χ2v) is 12.7. The number of sulfonamides is 1. The van der Waals surface area contributed by atoms with Crippen LogP contribution in [0.5, 0.6) is 0 Å². The van der Waals surface area contributed by atoms with Crippen molar-refractivity contribution in [1.82, 2.24) is 9.21 Å². The van der Waals surface area contributed by atoms with Gasteiger partial charge in [0, 0.05) is 44.2 Å². The molecule has 0 unspecified atom stereocenters. The fourth-order valence-electron chi connectivity index (χ4n) is 4.89. The van der Waals surface area contributed by atoms with Crippen LogP contribution in [-0.4, -0.2) is 50.7 Å². The predicted molar refractivity (Wildman–Crippen MR) is 134 cm³/mol. The molecule has 1 fully saturated rings. The Kier molecular flexibility index (Phi) is 7.73. The van der Waals surface area contributed by atoms with Crippen molar-refractivity contribution < 1.29 is 13.2 Å². The lowest BCUT2D eigenvalue weighted by Crippen LogP contribution is -2.34. The number of nitrogens with one attached hydrogen (secondary N) is 1. The maximum Gasteiger partial charge on any atom is 0.242 e. The Balaban J connectivity index is 1.41. The van der Waals surface area contributed by atoms with Gasteiger partial charge in [-0.1, -0.05) is 31.4 Å². The Labute approximate surface area is 206 Å². The first-order valence-corrected chi connectivity index (χ1v) is 14.1. The van der Waals surface area contributed by atoms with Crippen LogP contribution in [-0.2, 0) is 34.2 Å². The second kappa shape index (κ2) is 10.6. The van der Waals surface area contributed by atoms with E-state index in [9.17, 15) is 18.5 Å². The summed E-state index contributed by atoms with van der Waals surface area (Å²) in [6, 6.07) is 8.68. The topological polar surface area (TPSA) is 93.5 Å². The average Bonchev–Trinajstić information content (AvgIpc) is 3.16. The van der Waals surface area contributed by atoms with Gasteiger partial charge in [-0.3, -0.25) is 9.69 Å². The van der Waals surface area contributed by atoms with E-state index in [1.807, 2.05) is 0 Å². The van der Waals surface area contributed by atoms with Crippen LogP contribution < -0.4 is 5.32 Å². The van der Waals surface area contributed by atoms with Gasteiger partial charge in [0.25, 0.3) is 0 Å². The van der Waals surface area contributed by atoms with Crippen LogP contribution in [0.2, 0.25) is 0 Å². The summed E-state index contributed by atoms with van der Waals surface area (Å²) in [4.78, 5) is 16.6. The number of nitriles is 1. The highest BCUT2D eigenvalue weighted by Gasteiger charge is 2.27. The summed E-state index contributed by atoms with van der Waals surface area (Å²) in [5, 5.41) is 13.4. The van der Waals surface area contributed by atoms with Crippen molar-refractivity contribution in [2.24, 2.45) is 5.92 Å². The monoisotopic (exact) mass is 500 g/mol. The Bertz CT molecular complexity index is 1170. The molecule has 2 aliphatic rings. The van der Waals surface area contributed by atoms with Crippen molar-refractivity contribution in [1.29, 1.82) is 5.26 Å². The fourth-order valence-corrected chi connectivity index (χ4v) is 6.95. The summed E-state index contributed by atoms with van der Waals surface area (Å²) in [6.45, 7) is 2.88. The summed E-state index contributed by atoms with van der Waals surface area (Å²) < 4.78 is 25.6. The first kappa shape index (κ1) is 24.9. The summed E-state index contributed by atoms with van der Waals surface area (Å²) in [7, 11) is -0.531. The molecular weight excluding hydrogens is 468 g/mol. The van der Waals surface area contributed by atoms with E-state index in [1.165, 1.54) is 74.5 Å². The average molecular weight is 501 g/mol. The van der Waals surface area contributed by atoms with Crippen LogP contribution in [0.1, 0.15) is 53.7 Å². The highest BCUT2D eigenvalue weighted by atomic mass is 32.2. The lowest BCUT2D eigenvalue weighted by atomic mass is 9.88. The van der Waals surface area contributed by atoms with Crippen LogP contribution >= 0.6 is 11.3 Å². The zero-order chi connectivity index (χ0) is 24.3. The maximum atomic E-state index is 12.7. The Morgan fingerprint density at radius 1 is 1.21 bits per heavy atom. The molecule has 2 heterocycles. The summed E-state index contributed by atoms with van der Waals surface area (Å²) in [5.41, 5.74) is 2.38. The highest BCUT2D eigenvalue weighted by molar-refractivity contribution is 7.89. The first-order valence-electron chi connectivity index (χ1n) is 11.9. The van der Waals surface area contributed by atoms with Crippen LogP contribution in [0.25, 0.3) is 0 Å². The normalized spacial score (nSPS) is 17.4. The van der Waals surface area contributed by atoms with Gasteiger partial charge < -0.3 is 5.32 Å². The zero-order valence-corrected chi connectivity index (χ0v) is 21.5. The molecule has 0 saturated heterocycles. The molecule has 1 aliphatic carbocycles. The lowest BCUT2D eigenvalue weighted by molar-refractivity contribution is -0.115. The van der Waals surface area contributed by atoms with Gasteiger partial charge in [-0.2, -0.15) is 5.26 Å². The third-order valence-corrected chi connectivity index (χ3v) is 9.84. The number of benzene rings is 1. The molecule has 4 rings (SSSR count). The molecule has 2 aromatic rings. The van der Waals surface area contributed by atoms with Crippen molar-refractivity contribution in [2.45, 2.75) is 56.4 Å². The molecular formula is C25H32N4O3S2. The van der Waals surface area contributed by atoms with Gasteiger partial charge in [-0.25, -0.2) is 12.7 Å². The third kappa shape index (κ3) is 5.52. The van der Waals surface area contributed by atoms with E-state index in [-0.39, 0.29) is 17.2 Å². The number of carbonyl (C=O) groups is 1. The molecule has 0 atom stereocenters. The number of carbonyl (C=O) groups excluding carboxylic acids is 1. The quantitative estimate of drug-likeness (QED) is 0.620. The number of hydrogen-bond donors (Lipinski definition) is 1. The van der Waals surface area contributed by atoms with Crippen LogP contribution in [0.3, 0.4) is 0 Å². The van der Waals surface area contributed by atoms with E-state index in [4.69, 9.17) is 0 Å². The van der Waals surface area contributed by atoms with E-state index in [1.54, 1.807) is 12.1 Å². The maximum absolute atomic E-state index is 12.7. The Morgan fingerprint density at radius 3 is 2.56 bits per heavy atom. The van der Waals surface area contributed by atoms with Crippen LogP contribution in [0.15, 0.2) is 29.2 Å². The summed E-state index contributed by atoms with van der Waals surface area (Å²) in [5.74, 6) is 0.551. The Morgan fingerprint density at radius 2 is 1.91 bits per heavy atom. The fraction of sp³-hybridized carbons (Fsp3) is 0.520. The first-order chi connectivity index (χ1) is 16.3. The molecule has 1 N–H and O–H groups in total. The molecule has 1 aliphatic heterocycles. The van der Waals surface area contributed by atoms with Crippen molar-refractivity contribution in [3.63, 3.8) is 0 Å². The number of thiophene rings is 1. The zero-order valence-electron chi connectivity index (χ0n) is 19.8. The molecule has 0 bridgehead atoms. The van der Waals surface area contributed by atoms with E-state index in [0.717, 1.165) is 41.8 Å². The summed E-state index contributed by atoms with van der Waals surface area (Å²) >= 11 is 1.52. The smallest absolute Gasteiger partial charge is 0.242 e. The molecule has 7 nitrogen and oxygen atoms in total. The van der Waals surface area contributed by atoms with E-state index >= 15 is 0 Å². The van der Waals surface area contributed by atoms with Crippen molar-refractivity contribution in [3.05, 3.63) is 45.8 Å². The number of anilines is 1. The SMILES string of the molecule is CN(C)S(=O)(=O)c1ccc(CC(=O)Nc2sc3c(c2C#N)CN(CC2CCCCC2)CC3)cc1. The third-order valence-electron chi connectivity index (χ3n) is 6.80. The largest absolute Gasteiger partial charge is 0.316 e. The second-order valence-electron chi connectivity index (χ2n) is 9.47. The van der Waals surface area contributed by atoms with Gasteiger partial charge in [-0.15, -0.1) is 11.3 Å². The van der Waals surface area contributed by atoms with Crippen molar-refractivity contribution in [2.75, 3.05) is 32.5 Å². The van der Waals surface area contributed by atoms with Crippen LogP contribution in [0, 0.1) is 17.2 Å². The van der Waals surface area contributed by atoms with Gasteiger partial charge in [0.05, 0.1) is 16.9 Å². The van der Waals surface area contributed by atoms with E-state index in [2.05, 4.69) is 16.3 Å². The minimum atomic E-state index is -3.50. The number of amides is 1. The lowest BCUT2D eigenvalue weighted by Gasteiger charge is -2.32. The highest BCUT2D eigenvalue weighted by Crippen LogP contribution is 2.37. The van der Waals surface area contributed by atoms with Crippen molar-refractivity contribution in [3.8, 4) is 6.07 Å². The molecule has 1 amide bonds. The van der Waals surface area contributed by atoms with Gasteiger partial charge in [0.1, 0.15) is 11.1 Å². The van der Waals surface area contributed by atoms with Gasteiger partial charge in [0.15, 0.2) is 0 Å². The molecule has 34 heavy (non-hydrogen) atoms. The number of rotatable bonds is 7. The van der Waals surface area contributed by atoms with Gasteiger partial charge >= 0.3 is 0 Å². The molecule has 9 heteroatoms. The molecule has 0 radical (unpaired) electrons. The minimum Gasteiger partial charge on any atom is -0.316 e. The molecule has 1 saturated carbocycles.